The second-order valence-corrected chi connectivity index (χ2v) is 6.16. The number of unbranched alkanes of at least 4 members (excludes halogenated alkanes) is 1. The number of hydrogen-bond donors (Lipinski definition) is 2. The number of carboxylic acids is 1. The van der Waals surface area contributed by atoms with Crippen LogP contribution in [0.3, 0.4) is 0 Å². The maximum atomic E-state index is 12.3. The molecule has 0 bridgehead atoms. The van der Waals surface area contributed by atoms with Gasteiger partial charge in [-0.1, -0.05) is 13.3 Å². The predicted molar refractivity (Wildman–Crippen MR) is 83.5 cm³/mol. The van der Waals surface area contributed by atoms with Crippen molar-refractivity contribution in [2.24, 2.45) is 0 Å². The molecule has 126 valence electrons. The van der Waals surface area contributed by atoms with E-state index < -0.39 is 24.0 Å². The predicted octanol–water partition coefficient (Wildman–Crippen LogP) is 0.684. The zero-order valence-corrected chi connectivity index (χ0v) is 13.9. The van der Waals surface area contributed by atoms with Gasteiger partial charge in [-0.15, -0.1) is 11.8 Å². The molecular formula is C14H24N2O5S. The van der Waals surface area contributed by atoms with E-state index in [0.717, 1.165) is 12.8 Å². The molecule has 0 aromatic rings. The lowest BCUT2D eigenvalue weighted by molar-refractivity contribution is -0.144. The van der Waals surface area contributed by atoms with Crippen LogP contribution in [-0.4, -0.2) is 65.2 Å². The minimum absolute atomic E-state index is 0.0456. The molecular weight excluding hydrogens is 308 g/mol. The van der Waals surface area contributed by atoms with Gasteiger partial charge in [-0.25, -0.2) is 4.79 Å². The number of hydrogen-bond acceptors (Lipinski definition) is 5. The smallest absolute Gasteiger partial charge is 0.326 e. The number of amides is 2. The van der Waals surface area contributed by atoms with Gasteiger partial charge in [-0.3, -0.25) is 9.59 Å². The second-order valence-electron chi connectivity index (χ2n) is 5.16. The highest BCUT2D eigenvalue weighted by Gasteiger charge is 2.35. The molecule has 0 saturated carbocycles. The number of rotatable bonds is 9. The van der Waals surface area contributed by atoms with Crippen LogP contribution in [0.1, 0.15) is 32.6 Å². The number of carbonyl (C=O) groups excluding carboxylic acids is 2. The molecule has 22 heavy (non-hydrogen) atoms. The number of nitrogens with zero attached hydrogens (tertiary/aromatic N) is 1. The third-order valence-corrected chi connectivity index (χ3v) is 4.49. The maximum absolute atomic E-state index is 12.3. The van der Waals surface area contributed by atoms with Crippen LogP contribution < -0.4 is 5.32 Å². The molecule has 0 radical (unpaired) electrons. The third-order valence-electron chi connectivity index (χ3n) is 3.47. The molecule has 0 aliphatic carbocycles. The summed E-state index contributed by atoms with van der Waals surface area (Å²) in [5, 5.41) is 11.6. The summed E-state index contributed by atoms with van der Waals surface area (Å²) in [7, 11) is 1.47. The van der Waals surface area contributed by atoms with E-state index in [0.29, 0.717) is 18.1 Å². The Morgan fingerprint density at radius 2 is 2.18 bits per heavy atom. The second kappa shape index (κ2) is 9.68. The number of aliphatic carboxylic acids is 1. The Morgan fingerprint density at radius 1 is 1.45 bits per heavy atom. The first kappa shape index (κ1) is 18.8. The maximum Gasteiger partial charge on any atom is 0.326 e. The summed E-state index contributed by atoms with van der Waals surface area (Å²) >= 11 is 1.51. The van der Waals surface area contributed by atoms with Gasteiger partial charge >= 0.3 is 5.97 Å². The number of nitrogens with one attached hydrogen (secondary N) is 1. The SMILES string of the molecule is CCCCC(=O)N1CSCC1C(=O)NC(CCOC)C(=O)O. The minimum atomic E-state index is -1.10. The highest BCUT2D eigenvalue weighted by Crippen LogP contribution is 2.22. The number of thioether (sulfide) groups is 1. The van der Waals surface area contributed by atoms with Crippen LogP contribution >= 0.6 is 11.8 Å². The molecule has 0 aromatic carbocycles. The summed E-state index contributed by atoms with van der Waals surface area (Å²) in [5.74, 6) is -0.564. The Morgan fingerprint density at radius 3 is 2.77 bits per heavy atom. The first-order chi connectivity index (χ1) is 10.5. The van der Waals surface area contributed by atoms with Crippen molar-refractivity contribution in [1.29, 1.82) is 0 Å². The molecule has 1 heterocycles. The first-order valence-electron chi connectivity index (χ1n) is 7.40. The molecule has 2 unspecified atom stereocenters. The van der Waals surface area contributed by atoms with Gasteiger partial charge in [0.2, 0.25) is 11.8 Å². The van der Waals surface area contributed by atoms with Gasteiger partial charge in [-0.05, 0) is 6.42 Å². The van der Waals surface area contributed by atoms with Gasteiger partial charge < -0.3 is 20.1 Å². The first-order valence-corrected chi connectivity index (χ1v) is 8.56. The standard InChI is InChI=1S/C14H24N2O5S/c1-3-4-5-12(17)16-9-22-8-11(16)13(18)15-10(14(19)20)6-7-21-2/h10-11H,3-9H2,1-2H3,(H,15,18)(H,19,20). The van der Waals surface area contributed by atoms with Gasteiger partial charge in [0.25, 0.3) is 0 Å². The fourth-order valence-electron chi connectivity index (χ4n) is 2.14. The molecule has 1 fully saturated rings. The average Bonchev–Trinajstić information content (AvgIpc) is 2.98. The lowest BCUT2D eigenvalue weighted by atomic mass is 10.1. The van der Waals surface area contributed by atoms with E-state index in [-0.39, 0.29) is 18.9 Å². The van der Waals surface area contributed by atoms with E-state index in [4.69, 9.17) is 9.84 Å². The van der Waals surface area contributed by atoms with Crippen LogP contribution in [0.4, 0.5) is 0 Å². The van der Waals surface area contributed by atoms with E-state index in [9.17, 15) is 14.4 Å². The van der Waals surface area contributed by atoms with Crippen LogP contribution in [0.15, 0.2) is 0 Å². The Balaban J connectivity index is 2.61. The van der Waals surface area contributed by atoms with Crippen molar-refractivity contribution in [1.82, 2.24) is 10.2 Å². The molecule has 7 nitrogen and oxygen atoms in total. The molecule has 1 aliphatic rings. The topological polar surface area (TPSA) is 95.9 Å². The third kappa shape index (κ3) is 5.49. The average molecular weight is 332 g/mol. The van der Waals surface area contributed by atoms with Crippen molar-refractivity contribution in [2.75, 3.05) is 25.3 Å². The zero-order valence-electron chi connectivity index (χ0n) is 13.0. The van der Waals surface area contributed by atoms with Gasteiger partial charge in [0, 0.05) is 32.3 Å². The lowest BCUT2D eigenvalue weighted by Crippen LogP contribution is -2.52. The van der Waals surface area contributed by atoms with E-state index in [1.807, 2.05) is 6.92 Å². The van der Waals surface area contributed by atoms with E-state index in [1.54, 1.807) is 4.90 Å². The molecule has 2 atom stereocenters. The van der Waals surface area contributed by atoms with Gasteiger partial charge in [0.15, 0.2) is 0 Å². The number of ether oxygens (including phenoxy) is 1. The molecule has 1 rings (SSSR count). The van der Waals surface area contributed by atoms with Crippen LogP contribution in [0.5, 0.6) is 0 Å². The van der Waals surface area contributed by atoms with E-state index in [1.165, 1.54) is 18.9 Å². The van der Waals surface area contributed by atoms with Crippen LogP contribution in [0.2, 0.25) is 0 Å². The Hall–Kier alpha value is -1.28. The van der Waals surface area contributed by atoms with Gasteiger partial charge in [-0.2, -0.15) is 0 Å². The molecule has 2 amide bonds. The summed E-state index contributed by atoms with van der Waals surface area (Å²) in [6, 6.07) is -1.58. The van der Waals surface area contributed by atoms with Crippen LogP contribution in [0.25, 0.3) is 0 Å². The summed E-state index contributed by atoms with van der Waals surface area (Å²) in [6.07, 6.45) is 2.33. The van der Waals surface area contributed by atoms with Crippen molar-refractivity contribution >= 4 is 29.5 Å². The quantitative estimate of drug-likeness (QED) is 0.645. The van der Waals surface area contributed by atoms with E-state index in [2.05, 4.69) is 5.32 Å². The molecule has 2 N–H and O–H groups in total. The lowest BCUT2D eigenvalue weighted by Gasteiger charge is -2.24. The van der Waals surface area contributed by atoms with E-state index >= 15 is 0 Å². The molecule has 8 heteroatoms. The highest BCUT2D eigenvalue weighted by atomic mass is 32.2. The fraction of sp³-hybridized carbons (Fsp3) is 0.786. The summed E-state index contributed by atoms with van der Waals surface area (Å²) < 4.78 is 4.85. The van der Waals surface area contributed by atoms with Crippen molar-refractivity contribution in [2.45, 2.75) is 44.7 Å². The van der Waals surface area contributed by atoms with Crippen molar-refractivity contribution in [3.63, 3.8) is 0 Å². The van der Waals surface area contributed by atoms with Crippen molar-refractivity contribution < 1.29 is 24.2 Å². The summed E-state index contributed by atoms with van der Waals surface area (Å²) in [4.78, 5) is 37.1. The number of methoxy groups -OCH3 is 1. The molecule has 1 aliphatic heterocycles. The van der Waals surface area contributed by atoms with Gasteiger partial charge in [0.1, 0.15) is 12.1 Å². The summed E-state index contributed by atoms with van der Waals surface area (Å²) in [6.45, 7) is 2.25. The fourth-order valence-corrected chi connectivity index (χ4v) is 3.32. The monoisotopic (exact) mass is 332 g/mol. The Kier molecular flexibility index (Phi) is 8.26. The van der Waals surface area contributed by atoms with Crippen LogP contribution in [0, 0.1) is 0 Å². The zero-order chi connectivity index (χ0) is 16.5. The molecule has 0 spiro atoms. The normalized spacial score (nSPS) is 19.0. The van der Waals surface area contributed by atoms with Crippen LogP contribution in [-0.2, 0) is 19.1 Å². The Bertz CT molecular complexity index is 405. The van der Waals surface area contributed by atoms with Crippen molar-refractivity contribution in [3.05, 3.63) is 0 Å². The summed E-state index contributed by atoms with van der Waals surface area (Å²) in [5.41, 5.74) is 0. The highest BCUT2D eigenvalue weighted by molar-refractivity contribution is 7.99. The number of carbonyl (C=O) groups is 3. The molecule has 1 saturated heterocycles. The van der Waals surface area contributed by atoms with Crippen molar-refractivity contribution in [3.8, 4) is 0 Å². The van der Waals surface area contributed by atoms with Gasteiger partial charge in [0.05, 0.1) is 5.88 Å². The largest absolute Gasteiger partial charge is 0.480 e. The number of carboxylic acid groups (broad SMARTS) is 1. The Labute approximate surface area is 134 Å². The minimum Gasteiger partial charge on any atom is -0.480 e. The molecule has 0 aromatic heterocycles.